The van der Waals surface area contributed by atoms with Crippen molar-refractivity contribution in [3.63, 3.8) is 0 Å². The number of fused-ring (bicyclic) bond motifs is 1. The highest BCUT2D eigenvalue weighted by Crippen LogP contribution is 2.41. The Hall–Kier alpha value is -2.65. The molecular formula is C19H15BrClFN4O3. The van der Waals surface area contributed by atoms with Gasteiger partial charge in [0.2, 0.25) is 11.9 Å². The Balaban J connectivity index is 1.66. The first kappa shape index (κ1) is 19.7. The molecule has 1 aromatic heterocycles. The molecule has 10 heteroatoms. The lowest BCUT2D eigenvalue weighted by Crippen LogP contribution is -2.29. The number of methoxy groups -OCH3 is 1. The summed E-state index contributed by atoms with van der Waals surface area (Å²) in [7, 11) is 1.50. The molecule has 1 amide bonds. The lowest BCUT2D eigenvalue weighted by atomic mass is 10.0. The zero-order valence-electron chi connectivity index (χ0n) is 15.2. The molecule has 0 bridgehead atoms. The lowest BCUT2D eigenvalue weighted by molar-refractivity contribution is -0.117. The Morgan fingerprint density at radius 3 is 3.00 bits per heavy atom. The van der Waals surface area contributed by atoms with Crippen LogP contribution in [0.2, 0.25) is 5.02 Å². The number of ether oxygens (including phenoxy) is 2. The van der Waals surface area contributed by atoms with Crippen LogP contribution in [0.25, 0.3) is 0 Å². The summed E-state index contributed by atoms with van der Waals surface area (Å²) in [6.07, 6.45) is 1.59. The number of hydrogen-bond donors (Lipinski definition) is 1. The Morgan fingerprint density at radius 1 is 1.41 bits per heavy atom. The van der Waals surface area contributed by atoms with E-state index in [1.165, 1.54) is 25.6 Å². The number of nitrogens with zero attached hydrogens (tertiary/aromatic N) is 3. The fourth-order valence-corrected chi connectivity index (χ4v) is 3.94. The van der Waals surface area contributed by atoms with Gasteiger partial charge in [0.05, 0.1) is 29.1 Å². The molecule has 150 valence electrons. The first-order valence-corrected chi connectivity index (χ1v) is 9.77. The zero-order valence-corrected chi connectivity index (χ0v) is 17.5. The summed E-state index contributed by atoms with van der Waals surface area (Å²) in [4.78, 5) is 16.1. The predicted octanol–water partition coefficient (Wildman–Crippen LogP) is 4.35. The van der Waals surface area contributed by atoms with Crippen LogP contribution >= 0.6 is 27.5 Å². The van der Waals surface area contributed by atoms with Crippen LogP contribution < -0.4 is 14.8 Å². The molecule has 2 aromatic carbocycles. The second kappa shape index (κ2) is 8.00. The lowest BCUT2D eigenvalue weighted by Gasteiger charge is -2.25. The molecule has 4 rings (SSSR count). The number of carbonyl (C=O) groups is 1. The molecule has 2 heterocycles. The van der Waals surface area contributed by atoms with Gasteiger partial charge in [0.15, 0.2) is 11.5 Å². The van der Waals surface area contributed by atoms with Crippen LogP contribution in [-0.4, -0.2) is 27.8 Å². The highest BCUT2D eigenvalue weighted by Gasteiger charge is 2.29. The van der Waals surface area contributed by atoms with Gasteiger partial charge in [0.25, 0.3) is 0 Å². The molecule has 0 aliphatic carbocycles. The van der Waals surface area contributed by atoms with E-state index in [0.717, 1.165) is 5.56 Å². The Bertz CT molecular complexity index is 1070. The molecule has 29 heavy (non-hydrogen) atoms. The second-order valence-corrected chi connectivity index (χ2v) is 7.58. The van der Waals surface area contributed by atoms with E-state index < -0.39 is 5.82 Å². The van der Waals surface area contributed by atoms with E-state index in [1.54, 1.807) is 16.8 Å². The molecule has 0 saturated heterocycles. The normalized spacial score (nSPS) is 15.6. The van der Waals surface area contributed by atoms with Gasteiger partial charge in [0.1, 0.15) is 18.8 Å². The number of benzene rings is 2. The van der Waals surface area contributed by atoms with Crippen LogP contribution in [0.4, 0.5) is 10.3 Å². The molecule has 0 radical (unpaired) electrons. The molecule has 0 saturated carbocycles. The third kappa shape index (κ3) is 3.79. The summed E-state index contributed by atoms with van der Waals surface area (Å²) in [5, 5.41) is 7.16. The molecule has 1 aliphatic rings. The Morgan fingerprint density at radius 2 is 2.24 bits per heavy atom. The number of carbonyl (C=O) groups excluding carboxylic acids is 1. The number of amides is 1. The monoisotopic (exact) mass is 480 g/mol. The van der Waals surface area contributed by atoms with Crippen LogP contribution in [0.15, 0.2) is 41.1 Å². The van der Waals surface area contributed by atoms with Gasteiger partial charge < -0.3 is 9.47 Å². The van der Waals surface area contributed by atoms with Gasteiger partial charge in [-0.05, 0) is 45.8 Å². The number of hydrogen-bond acceptors (Lipinski definition) is 5. The molecule has 0 fully saturated rings. The van der Waals surface area contributed by atoms with Crippen molar-refractivity contribution in [1.29, 1.82) is 0 Å². The summed E-state index contributed by atoms with van der Waals surface area (Å²) in [5.41, 5.74) is 1.04. The van der Waals surface area contributed by atoms with Crippen molar-refractivity contribution in [3.05, 3.63) is 63.1 Å². The topological polar surface area (TPSA) is 78.3 Å². The van der Waals surface area contributed by atoms with Crippen molar-refractivity contribution >= 4 is 39.4 Å². The first-order chi connectivity index (χ1) is 14.0. The second-order valence-electron chi connectivity index (χ2n) is 6.32. The maximum absolute atomic E-state index is 14.0. The van der Waals surface area contributed by atoms with Crippen LogP contribution in [0.3, 0.4) is 0 Å². The number of halogens is 3. The van der Waals surface area contributed by atoms with Gasteiger partial charge in [-0.1, -0.05) is 17.7 Å². The summed E-state index contributed by atoms with van der Waals surface area (Å²) in [5.74, 6) is 0.608. The summed E-state index contributed by atoms with van der Waals surface area (Å²) < 4.78 is 27.5. The Labute approximate surface area is 178 Å². The van der Waals surface area contributed by atoms with Gasteiger partial charge in [-0.2, -0.15) is 10.1 Å². The summed E-state index contributed by atoms with van der Waals surface area (Å²) in [6.45, 7) is -0.0706. The number of aromatic nitrogens is 3. The molecule has 7 nitrogen and oxygen atoms in total. The fraction of sp³-hybridized carbons (Fsp3) is 0.211. The summed E-state index contributed by atoms with van der Waals surface area (Å²) >= 11 is 9.55. The molecule has 0 unspecified atom stereocenters. The largest absolute Gasteiger partial charge is 0.493 e. The standard InChI is InChI=1S/C19H15BrClFN4O3/c1-28-16-6-10(15-7-17(27)25-19-23-9-24-26(15)19)5-12(20)18(16)29-8-11-13(21)3-2-4-14(11)22/h2-6,9,15H,7-8H2,1H3,(H,23,24,25,27)/t15-/m0/s1. The number of rotatable bonds is 5. The van der Waals surface area contributed by atoms with Crippen LogP contribution in [0.1, 0.15) is 23.6 Å². The minimum Gasteiger partial charge on any atom is -0.493 e. The minimum absolute atomic E-state index is 0.0706. The maximum atomic E-state index is 14.0. The third-order valence-corrected chi connectivity index (χ3v) is 5.50. The molecule has 1 atom stereocenters. The summed E-state index contributed by atoms with van der Waals surface area (Å²) in [6, 6.07) is 7.69. The van der Waals surface area contributed by atoms with E-state index in [2.05, 4.69) is 31.3 Å². The van der Waals surface area contributed by atoms with Gasteiger partial charge in [-0.3, -0.25) is 10.1 Å². The van der Waals surface area contributed by atoms with Crippen LogP contribution in [0, 0.1) is 5.82 Å². The predicted molar refractivity (Wildman–Crippen MR) is 108 cm³/mol. The van der Waals surface area contributed by atoms with Crippen molar-refractivity contribution < 1.29 is 18.7 Å². The van der Waals surface area contributed by atoms with Crippen LogP contribution in [0.5, 0.6) is 11.5 Å². The van der Waals surface area contributed by atoms with Gasteiger partial charge in [0, 0.05) is 5.56 Å². The Kier molecular flexibility index (Phi) is 5.42. The van der Waals surface area contributed by atoms with E-state index >= 15 is 0 Å². The van der Waals surface area contributed by atoms with E-state index in [1.807, 2.05) is 6.07 Å². The minimum atomic E-state index is -0.448. The maximum Gasteiger partial charge on any atom is 0.229 e. The third-order valence-electron chi connectivity index (χ3n) is 4.56. The van der Waals surface area contributed by atoms with Crippen molar-refractivity contribution in [2.75, 3.05) is 12.4 Å². The molecule has 0 spiro atoms. The fourth-order valence-electron chi connectivity index (χ4n) is 3.15. The SMILES string of the molecule is COc1cc([C@@H]2CC(=O)Nc3ncnn32)cc(Br)c1OCc1c(F)cccc1Cl. The van der Waals surface area contributed by atoms with Crippen molar-refractivity contribution in [2.45, 2.75) is 19.1 Å². The van der Waals surface area contributed by atoms with E-state index in [4.69, 9.17) is 21.1 Å². The zero-order chi connectivity index (χ0) is 20.5. The van der Waals surface area contributed by atoms with Gasteiger partial charge in [-0.15, -0.1) is 0 Å². The van der Waals surface area contributed by atoms with E-state index in [9.17, 15) is 9.18 Å². The number of anilines is 1. The van der Waals surface area contributed by atoms with E-state index in [-0.39, 0.29) is 35.6 Å². The van der Waals surface area contributed by atoms with Crippen molar-refractivity contribution in [2.24, 2.45) is 0 Å². The van der Waals surface area contributed by atoms with Crippen LogP contribution in [-0.2, 0) is 11.4 Å². The smallest absolute Gasteiger partial charge is 0.229 e. The van der Waals surface area contributed by atoms with Gasteiger partial charge in [-0.25, -0.2) is 9.07 Å². The van der Waals surface area contributed by atoms with Gasteiger partial charge >= 0.3 is 0 Å². The first-order valence-electron chi connectivity index (χ1n) is 8.60. The quantitative estimate of drug-likeness (QED) is 0.586. The molecular weight excluding hydrogens is 467 g/mol. The number of nitrogens with one attached hydrogen (secondary N) is 1. The average Bonchev–Trinajstić information content (AvgIpc) is 3.15. The average molecular weight is 482 g/mol. The highest BCUT2D eigenvalue weighted by atomic mass is 79.9. The van der Waals surface area contributed by atoms with Crippen molar-refractivity contribution in [3.8, 4) is 11.5 Å². The van der Waals surface area contributed by atoms with Crippen molar-refractivity contribution in [1.82, 2.24) is 14.8 Å². The molecule has 3 aromatic rings. The molecule has 1 N–H and O–H groups in total. The highest BCUT2D eigenvalue weighted by molar-refractivity contribution is 9.10. The van der Waals surface area contributed by atoms with E-state index in [0.29, 0.717) is 21.9 Å². The molecule has 1 aliphatic heterocycles.